The van der Waals surface area contributed by atoms with Crippen LogP contribution in [0.1, 0.15) is 30.4 Å². The van der Waals surface area contributed by atoms with Crippen molar-refractivity contribution in [1.29, 1.82) is 0 Å². The van der Waals surface area contributed by atoms with Crippen molar-refractivity contribution in [3.8, 4) is 0 Å². The molecule has 0 spiro atoms. The fourth-order valence-electron chi connectivity index (χ4n) is 3.87. The van der Waals surface area contributed by atoms with E-state index in [1.165, 1.54) is 0 Å². The van der Waals surface area contributed by atoms with Crippen LogP contribution in [-0.4, -0.2) is 31.2 Å². The number of aryl methyl sites for hydroxylation is 1. The molecule has 2 aliphatic heterocycles. The van der Waals surface area contributed by atoms with E-state index in [1.807, 2.05) is 30.3 Å². The molecule has 2 aromatic rings. The number of hydrogen-bond acceptors (Lipinski definition) is 3. The molecule has 1 amide bonds. The number of nitrogens with zero attached hydrogens (tertiary/aromatic N) is 1. The van der Waals surface area contributed by atoms with Crippen LogP contribution in [0.5, 0.6) is 0 Å². The van der Waals surface area contributed by atoms with Gasteiger partial charge in [-0.05, 0) is 55.0 Å². The molecule has 2 heterocycles. The van der Waals surface area contributed by atoms with Crippen molar-refractivity contribution in [3.63, 3.8) is 0 Å². The average molecular weight is 370 g/mol. The number of sulfonamides is 1. The van der Waals surface area contributed by atoms with Crippen LogP contribution in [0, 0.1) is 0 Å². The number of rotatable bonds is 4. The van der Waals surface area contributed by atoms with Crippen molar-refractivity contribution in [2.45, 2.75) is 43.0 Å². The summed E-state index contributed by atoms with van der Waals surface area (Å²) in [5.74, 6) is -0.0180. The van der Waals surface area contributed by atoms with E-state index in [9.17, 15) is 13.2 Å². The molecule has 0 saturated carbocycles. The molecule has 2 aliphatic rings. The van der Waals surface area contributed by atoms with Gasteiger partial charge in [-0.1, -0.05) is 30.3 Å². The summed E-state index contributed by atoms with van der Waals surface area (Å²) in [4.78, 5) is 11.8. The summed E-state index contributed by atoms with van der Waals surface area (Å²) in [5.41, 5.74) is 2.78. The minimum absolute atomic E-state index is 0.00173. The van der Waals surface area contributed by atoms with Crippen LogP contribution in [0.15, 0.2) is 53.4 Å². The van der Waals surface area contributed by atoms with Crippen molar-refractivity contribution in [1.82, 2.24) is 4.31 Å². The Morgan fingerprint density at radius 3 is 2.69 bits per heavy atom. The summed E-state index contributed by atoms with van der Waals surface area (Å²) in [6.07, 6.45) is 3.49. The normalized spacial score (nSPS) is 20.6. The topological polar surface area (TPSA) is 66.5 Å². The zero-order chi connectivity index (χ0) is 18.1. The molecular formula is C20H22N2O3S. The van der Waals surface area contributed by atoms with E-state index < -0.39 is 10.0 Å². The molecule has 2 aromatic carbocycles. The molecule has 1 atom stereocenters. The second-order valence-electron chi connectivity index (χ2n) is 6.97. The van der Waals surface area contributed by atoms with Gasteiger partial charge in [0.2, 0.25) is 15.9 Å². The molecule has 136 valence electrons. The zero-order valence-corrected chi connectivity index (χ0v) is 15.3. The Morgan fingerprint density at radius 2 is 1.88 bits per heavy atom. The third-order valence-electron chi connectivity index (χ3n) is 5.22. The van der Waals surface area contributed by atoms with Crippen molar-refractivity contribution in [2.24, 2.45) is 0 Å². The van der Waals surface area contributed by atoms with Crippen LogP contribution in [0.25, 0.3) is 0 Å². The fourth-order valence-corrected chi connectivity index (χ4v) is 5.62. The summed E-state index contributed by atoms with van der Waals surface area (Å²) in [6, 6.07) is 15.1. The lowest BCUT2D eigenvalue weighted by atomic mass is 10.0. The van der Waals surface area contributed by atoms with Gasteiger partial charge >= 0.3 is 0 Å². The van der Waals surface area contributed by atoms with Gasteiger partial charge in [-0.15, -0.1) is 0 Å². The number of hydrogen-bond donors (Lipinski definition) is 1. The van der Waals surface area contributed by atoms with Gasteiger partial charge in [-0.2, -0.15) is 4.31 Å². The molecule has 1 saturated heterocycles. The molecule has 1 fully saturated rings. The lowest BCUT2D eigenvalue weighted by molar-refractivity contribution is -0.116. The van der Waals surface area contributed by atoms with E-state index in [2.05, 4.69) is 5.32 Å². The number of benzene rings is 2. The summed E-state index contributed by atoms with van der Waals surface area (Å²) >= 11 is 0. The first-order valence-corrected chi connectivity index (χ1v) is 10.5. The smallest absolute Gasteiger partial charge is 0.243 e. The van der Waals surface area contributed by atoms with Gasteiger partial charge in [-0.3, -0.25) is 4.79 Å². The Labute approximate surface area is 154 Å². The molecule has 0 aliphatic carbocycles. The maximum Gasteiger partial charge on any atom is 0.243 e. The lowest BCUT2D eigenvalue weighted by Crippen LogP contribution is -2.37. The van der Waals surface area contributed by atoms with Crippen LogP contribution in [-0.2, 0) is 27.7 Å². The van der Waals surface area contributed by atoms with E-state index in [0.29, 0.717) is 24.3 Å². The van der Waals surface area contributed by atoms with Crippen LogP contribution in [0.3, 0.4) is 0 Å². The Bertz CT molecular complexity index is 925. The zero-order valence-electron chi connectivity index (χ0n) is 14.5. The van der Waals surface area contributed by atoms with E-state index in [1.54, 1.807) is 22.5 Å². The molecular weight excluding hydrogens is 348 g/mol. The van der Waals surface area contributed by atoms with Crippen molar-refractivity contribution < 1.29 is 13.2 Å². The Hall–Kier alpha value is -2.18. The Kier molecular flexibility index (Phi) is 4.54. The summed E-state index contributed by atoms with van der Waals surface area (Å²) in [5, 5.41) is 2.80. The maximum atomic E-state index is 13.2. The predicted octanol–water partition coefficient (Wildman–Crippen LogP) is 2.97. The number of anilines is 1. The van der Waals surface area contributed by atoms with Gasteiger partial charge in [-0.25, -0.2) is 8.42 Å². The second kappa shape index (κ2) is 6.85. The third-order valence-corrected chi connectivity index (χ3v) is 7.16. The average Bonchev–Trinajstić information content (AvgIpc) is 3.11. The van der Waals surface area contributed by atoms with Gasteiger partial charge in [0.05, 0.1) is 4.90 Å². The Balaban J connectivity index is 1.60. The van der Waals surface area contributed by atoms with E-state index in [0.717, 1.165) is 36.1 Å². The highest BCUT2D eigenvalue weighted by Gasteiger charge is 2.35. The number of fused-ring (bicyclic) bond motifs is 1. The summed E-state index contributed by atoms with van der Waals surface area (Å²) in [6.45, 7) is 0.563. The first kappa shape index (κ1) is 17.2. The van der Waals surface area contributed by atoms with Gasteiger partial charge in [0.15, 0.2) is 0 Å². The molecule has 1 N–H and O–H groups in total. The van der Waals surface area contributed by atoms with E-state index in [4.69, 9.17) is 0 Å². The minimum Gasteiger partial charge on any atom is -0.326 e. The molecule has 6 heteroatoms. The molecule has 0 bridgehead atoms. The SMILES string of the molecule is O=C1CCc2cc(S(=O)(=O)N3CCCC3Cc3ccccc3)ccc2N1. The fraction of sp³-hybridized carbons (Fsp3) is 0.350. The maximum absolute atomic E-state index is 13.2. The minimum atomic E-state index is -3.53. The monoisotopic (exact) mass is 370 g/mol. The van der Waals surface area contributed by atoms with E-state index in [-0.39, 0.29) is 11.9 Å². The van der Waals surface area contributed by atoms with Gasteiger partial charge in [0, 0.05) is 24.7 Å². The van der Waals surface area contributed by atoms with Gasteiger partial charge < -0.3 is 5.32 Å². The molecule has 4 rings (SSSR count). The first-order chi connectivity index (χ1) is 12.5. The van der Waals surface area contributed by atoms with E-state index >= 15 is 0 Å². The largest absolute Gasteiger partial charge is 0.326 e. The lowest BCUT2D eigenvalue weighted by Gasteiger charge is -2.25. The van der Waals surface area contributed by atoms with Crippen LogP contribution < -0.4 is 5.32 Å². The molecule has 0 aromatic heterocycles. The van der Waals surface area contributed by atoms with Gasteiger partial charge in [0.1, 0.15) is 0 Å². The highest BCUT2D eigenvalue weighted by molar-refractivity contribution is 7.89. The number of amides is 1. The highest BCUT2D eigenvalue weighted by Crippen LogP contribution is 2.31. The van der Waals surface area contributed by atoms with Crippen molar-refractivity contribution in [3.05, 3.63) is 59.7 Å². The third kappa shape index (κ3) is 3.27. The van der Waals surface area contributed by atoms with Crippen molar-refractivity contribution in [2.75, 3.05) is 11.9 Å². The standard InChI is InChI=1S/C20H22N2O3S/c23-20-11-8-16-14-18(9-10-19(16)21-20)26(24,25)22-12-4-7-17(22)13-15-5-2-1-3-6-15/h1-3,5-6,9-10,14,17H,4,7-8,11-13H2,(H,21,23). The number of carbonyl (C=O) groups excluding carboxylic acids is 1. The first-order valence-electron chi connectivity index (χ1n) is 9.02. The number of nitrogens with one attached hydrogen (secondary N) is 1. The van der Waals surface area contributed by atoms with Crippen LogP contribution in [0.4, 0.5) is 5.69 Å². The quantitative estimate of drug-likeness (QED) is 0.900. The molecule has 0 radical (unpaired) electrons. The van der Waals surface area contributed by atoms with Gasteiger partial charge in [0.25, 0.3) is 0 Å². The Morgan fingerprint density at radius 1 is 1.08 bits per heavy atom. The summed E-state index contributed by atoms with van der Waals surface area (Å²) < 4.78 is 28.1. The van der Waals surface area contributed by atoms with Crippen LogP contribution in [0.2, 0.25) is 0 Å². The van der Waals surface area contributed by atoms with Crippen molar-refractivity contribution >= 4 is 21.6 Å². The number of carbonyl (C=O) groups is 1. The highest BCUT2D eigenvalue weighted by atomic mass is 32.2. The molecule has 5 nitrogen and oxygen atoms in total. The predicted molar refractivity (Wildman–Crippen MR) is 100 cm³/mol. The molecule has 1 unspecified atom stereocenters. The summed E-state index contributed by atoms with van der Waals surface area (Å²) in [7, 11) is -3.53. The second-order valence-corrected chi connectivity index (χ2v) is 8.86. The molecule has 26 heavy (non-hydrogen) atoms. The van der Waals surface area contributed by atoms with Crippen LogP contribution >= 0.6 is 0 Å².